The molecular weight excluding hydrogens is 208 g/mol. The van der Waals surface area contributed by atoms with Gasteiger partial charge in [0, 0.05) is 23.3 Å². The third kappa shape index (κ3) is 2.35. The third-order valence-corrected chi connectivity index (χ3v) is 2.45. The van der Waals surface area contributed by atoms with Crippen molar-refractivity contribution < 1.29 is 0 Å². The SMILES string of the molecule is NCc1ccc(-c2ccc(Cl)cc2)nc1. The molecule has 0 saturated carbocycles. The maximum Gasteiger partial charge on any atom is 0.0702 e. The van der Waals surface area contributed by atoms with Crippen LogP contribution in [0.5, 0.6) is 0 Å². The fourth-order valence-corrected chi connectivity index (χ4v) is 1.46. The molecule has 3 heteroatoms. The zero-order chi connectivity index (χ0) is 10.7. The largest absolute Gasteiger partial charge is 0.326 e. The second-order valence-electron chi connectivity index (χ2n) is 3.26. The molecule has 0 aliphatic carbocycles. The Morgan fingerprint density at radius 1 is 1.07 bits per heavy atom. The lowest BCUT2D eigenvalue weighted by atomic mass is 10.1. The summed E-state index contributed by atoms with van der Waals surface area (Å²) in [6.45, 7) is 0.522. The Kier molecular flexibility index (Phi) is 2.99. The maximum absolute atomic E-state index is 5.81. The van der Waals surface area contributed by atoms with E-state index in [0.717, 1.165) is 21.8 Å². The van der Waals surface area contributed by atoms with Crippen LogP contribution in [0, 0.1) is 0 Å². The number of halogens is 1. The average Bonchev–Trinajstić information content (AvgIpc) is 2.30. The highest BCUT2D eigenvalue weighted by Crippen LogP contribution is 2.19. The summed E-state index contributed by atoms with van der Waals surface area (Å²) in [4.78, 5) is 4.33. The van der Waals surface area contributed by atoms with Gasteiger partial charge in [-0.05, 0) is 23.8 Å². The van der Waals surface area contributed by atoms with Gasteiger partial charge in [0.05, 0.1) is 5.69 Å². The Morgan fingerprint density at radius 3 is 2.33 bits per heavy atom. The summed E-state index contributed by atoms with van der Waals surface area (Å²) in [5.74, 6) is 0. The average molecular weight is 219 g/mol. The second kappa shape index (κ2) is 4.43. The third-order valence-electron chi connectivity index (χ3n) is 2.20. The molecule has 1 heterocycles. The van der Waals surface area contributed by atoms with Gasteiger partial charge in [-0.2, -0.15) is 0 Å². The van der Waals surface area contributed by atoms with E-state index in [1.807, 2.05) is 36.4 Å². The molecule has 2 N–H and O–H groups in total. The van der Waals surface area contributed by atoms with Crippen molar-refractivity contribution in [2.45, 2.75) is 6.54 Å². The molecule has 1 aromatic heterocycles. The number of pyridine rings is 1. The summed E-state index contributed by atoms with van der Waals surface area (Å²) in [6.07, 6.45) is 1.80. The number of rotatable bonds is 2. The Balaban J connectivity index is 2.33. The summed E-state index contributed by atoms with van der Waals surface area (Å²) in [5.41, 5.74) is 8.53. The van der Waals surface area contributed by atoms with Crippen molar-refractivity contribution in [3.8, 4) is 11.3 Å². The van der Waals surface area contributed by atoms with Gasteiger partial charge in [0.2, 0.25) is 0 Å². The van der Waals surface area contributed by atoms with Gasteiger partial charge in [-0.3, -0.25) is 4.98 Å². The number of hydrogen-bond acceptors (Lipinski definition) is 2. The Hall–Kier alpha value is -1.38. The minimum absolute atomic E-state index is 0.522. The number of nitrogens with two attached hydrogens (primary N) is 1. The summed E-state index contributed by atoms with van der Waals surface area (Å²) in [7, 11) is 0. The number of benzene rings is 1. The maximum atomic E-state index is 5.81. The minimum Gasteiger partial charge on any atom is -0.326 e. The van der Waals surface area contributed by atoms with E-state index >= 15 is 0 Å². The first kappa shape index (κ1) is 10.1. The van der Waals surface area contributed by atoms with E-state index < -0.39 is 0 Å². The van der Waals surface area contributed by atoms with Crippen molar-refractivity contribution in [3.63, 3.8) is 0 Å². The molecule has 0 spiro atoms. The van der Waals surface area contributed by atoms with E-state index in [4.69, 9.17) is 17.3 Å². The van der Waals surface area contributed by atoms with Crippen LogP contribution < -0.4 is 5.73 Å². The van der Waals surface area contributed by atoms with Crippen LogP contribution in [0.2, 0.25) is 5.02 Å². The molecule has 0 bridgehead atoms. The molecule has 2 aromatic rings. The van der Waals surface area contributed by atoms with Crippen LogP contribution >= 0.6 is 11.6 Å². The van der Waals surface area contributed by atoms with E-state index in [0.29, 0.717) is 6.54 Å². The van der Waals surface area contributed by atoms with Crippen LogP contribution in [0.25, 0.3) is 11.3 Å². The van der Waals surface area contributed by atoms with E-state index in [1.54, 1.807) is 6.20 Å². The van der Waals surface area contributed by atoms with Crippen LogP contribution in [0.1, 0.15) is 5.56 Å². The van der Waals surface area contributed by atoms with E-state index in [1.165, 1.54) is 0 Å². The predicted octanol–water partition coefficient (Wildman–Crippen LogP) is 2.86. The molecule has 0 aliphatic rings. The first-order valence-electron chi connectivity index (χ1n) is 4.70. The van der Waals surface area contributed by atoms with Crippen LogP contribution in [-0.4, -0.2) is 4.98 Å². The van der Waals surface area contributed by atoms with Crippen molar-refractivity contribution in [3.05, 3.63) is 53.2 Å². The summed E-state index contributed by atoms with van der Waals surface area (Å²) >= 11 is 5.81. The highest BCUT2D eigenvalue weighted by Gasteiger charge is 1.98. The van der Waals surface area contributed by atoms with Crippen molar-refractivity contribution in [1.29, 1.82) is 0 Å². The van der Waals surface area contributed by atoms with Gasteiger partial charge in [0.25, 0.3) is 0 Å². The Labute approximate surface area is 93.7 Å². The van der Waals surface area contributed by atoms with E-state index in [2.05, 4.69) is 4.98 Å². The molecule has 1 aromatic carbocycles. The zero-order valence-electron chi connectivity index (χ0n) is 8.15. The molecule has 0 unspecified atom stereocenters. The molecule has 0 saturated heterocycles. The lowest BCUT2D eigenvalue weighted by Crippen LogP contribution is -1.96. The summed E-state index contributed by atoms with van der Waals surface area (Å²) in [5, 5.41) is 0.734. The normalized spacial score (nSPS) is 10.3. The van der Waals surface area contributed by atoms with Gasteiger partial charge in [-0.15, -0.1) is 0 Å². The number of hydrogen-bond donors (Lipinski definition) is 1. The predicted molar refractivity (Wildman–Crippen MR) is 62.6 cm³/mol. The lowest BCUT2D eigenvalue weighted by molar-refractivity contribution is 1.05. The molecule has 0 amide bonds. The van der Waals surface area contributed by atoms with Gasteiger partial charge in [0.15, 0.2) is 0 Å². The Morgan fingerprint density at radius 2 is 1.80 bits per heavy atom. The van der Waals surface area contributed by atoms with E-state index in [-0.39, 0.29) is 0 Å². The van der Waals surface area contributed by atoms with Crippen molar-refractivity contribution >= 4 is 11.6 Å². The van der Waals surface area contributed by atoms with Gasteiger partial charge in [-0.1, -0.05) is 29.8 Å². The number of nitrogens with zero attached hydrogens (tertiary/aromatic N) is 1. The monoisotopic (exact) mass is 218 g/mol. The summed E-state index contributed by atoms with van der Waals surface area (Å²) in [6, 6.07) is 11.6. The van der Waals surface area contributed by atoms with Crippen LogP contribution in [0.15, 0.2) is 42.6 Å². The Bertz CT molecular complexity index is 434. The fraction of sp³-hybridized carbons (Fsp3) is 0.0833. The van der Waals surface area contributed by atoms with Gasteiger partial charge in [-0.25, -0.2) is 0 Å². The molecule has 2 rings (SSSR count). The van der Waals surface area contributed by atoms with Gasteiger partial charge in [0.1, 0.15) is 0 Å². The molecule has 76 valence electrons. The highest BCUT2D eigenvalue weighted by molar-refractivity contribution is 6.30. The fourth-order valence-electron chi connectivity index (χ4n) is 1.34. The van der Waals surface area contributed by atoms with Crippen LogP contribution in [-0.2, 0) is 6.54 Å². The molecule has 15 heavy (non-hydrogen) atoms. The second-order valence-corrected chi connectivity index (χ2v) is 3.70. The van der Waals surface area contributed by atoms with Crippen molar-refractivity contribution in [2.75, 3.05) is 0 Å². The minimum atomic E-state index is 0.522. The molecular formula is C12H11ClN2. The molecule has 0 atom stereocenters. The lowest BCUT2D eigenvalue weighted by Gasteiger charge is -2.01. The highest BCUT2D eigenvalue weighted by atomic mass is 35.5. The van der Waals surface area contributed by atoms with Crippen LogP contribution in [0.3, 0.4) is 0 Å². The van der Waals surface area contributed by atoms with E-state index in [9.17, 15) is 0 Å². The standard InChI is InChI=1S/C12H11ClN2/c13-11-4-2-10(3-5-11)12-6-1-9(7-14)8-15-12/h1-6,8H,7,14H2. The van der Waals surface area contributed by atoms with Crippen molar-refractivity contribution in [1.82, 2.24) is 4.98 Å². The van der Waals surface area contributed by atoms with Crippen molar-refractivity contribution in [2.24, 2.45) is 5.73 Å². The van der Waals surface area contributed by atoms with Gasteiger partial charge < -0.3 is 5.73 Å². The molecule has 0 aliphatic heterocycles. The molecule has 2 nitrogen and oxygen atoms in total. The molecule has 0 fully saturated rings. The van der Waals surface area contributed by atoms with Crippen LogP contribution in [0.4, 0.5) is 0 Å². The first-order valence-corrected chi connectivity index (χ1v) is 5.08. The van der Waals surface area contributed by atoms with Gasteiger partial charge >= 0.3 is 0 Å². The summed E-state index contributed by atoms with van der Waals surface area (Å²) < 4.78 is 0. The zero-order valence-corrected chi connectivity index (χ0v) is 8.91. The quantitative estimate of drug-likeness (QED) is 0.842. The molecule has 0 radical (unpaired) electrons. The number of aromatic nitrogens is 1. The topological polar surface area (TPSA) is 38.9 Å². The smallest absolute Gasteiger partial charge is 0.0702 e. The first-order chi connectivity index (χ1) is 7.29.